The molecule has 0 aliphatic heterocycles. The number of nitrogens with two attached hydrogens (primary N) is 2. The fourth-order valence-electron chi connectivity index (χ4n) is 4.53. The number of carbonyl (C=O) groups is 1. The lowest BCUT2D eigenvalue weighted by Crippen LogP contribution is -2.43. The summed E-state index contributed by atoms with van der Waals surface area (Å²) >= 11 is 0. The molecule has 2 atom stereocenters. The number of anilines is 3. The zero-order valence-electron chi connectivity index (χ0n) is 17.0. The lowest BCUT2D eigenvalue weighted by molar-refractivity contribution is 0.100. The van der Waals surface area contributed by atoms with Crippen molar-refractivity contribution in [3.8, 4) is 0 Å². The molecule has 2 aliphatic carbocycles. The summed E-state index contributed by atoms with van der Waals surface area (Å²) in [5, 5.41) is 6.25. The Labute approximate surface area is 175 Å². The fraction of sp³-hybridized carbons (Fsp3) is 0.500. The maximum Gasteiger partial charge on any atom is 0.252 e. The van der Waals surface area contributed by atoms with Crippen molar-refractivity contribution in [1.29, 1.82) is 0 Å². The van der Waals surface area contributed by atoms with E-state index in [0.29, 0.717) is 11.6 Å². The van der Waals surface area contributed by atoms with Gasteiger partial charge in [0.1, 0.15) is 5.82 Å². The van der Waals surface area contributed by atoms with Gasteiger partial charge in [0.15, 0.2) is 11.6 Å². The molecule has 0 spiro atoms. The smallest absolute Gasteiger partial charge is 0.252 e. The van der Waals surface area contributed by atoms with E-state index in [4.69, 9.17) is 11.5 Å². The van der Waals surface area contributed by atoms with Crippen LogP contribution in [0.3, 0.4) is 0 Å². The van der Waals surface area contributed by atoms with E-state index in [1.165, 1.54) is 12.8 Å². The Kier molecular flexibility index (Phi) is 6.13. The minimum Gasteiger partial charge on any atom is -0.365 e. The predicted molar refractivity (Wildman–Crippen MR) is 115 cm³/mol. The number of halogens is 1. The van der Waals surface area contributed by atoms with Crippen molar-refractivity contribution in [1.82, 2.24) is 9.97 Å². The summed E-state index contributed by atoms with van der Waals surface area (Å²) in [5.41, 5.74) is 13.5. The molecule has 2 fully saturated rings. The minimum absolute atomic E-state index is 0.00254. The van der Waals surface area contributed by atoms with Crippen LogP contribution in [0.2, 0.25) is 0 Å². The average Bonchev–Trinajstić information content (AvgIpc) is 3.27. The Morgan fingerprint density at radius 2 is 1.77 bits per heavy atom. The maximum atomic E-state index is 14.7. The summed E-state index contributed by atoms with van der Waals surface area (Å²) in [6, 6.07) is 3.03. The van der Waals surface area contributed by atoms with E-state index in [2.05, 4.69) is 20.6 Å². The second kappa shape index (κ2) is 8.95. The van der Waals surface area contributed by atoms with Gasteiger partial charge < -0.3 is 22.1 Å². The largest absolute Gasteiger partial charge is 0.365 e. The highest BCUT2D eigenvalue weighted by Crippen LogP contribution is 2.35. The van der Waals surface area contributed by atoms with Crippen LogP contribution in [0.5, 0.6) is 0 Å². The van der Waals surface area contributed by atoms with Crippen LogP contribution in [-0.2, 0) is 0 Å². The first-order valence-corrected chi connectivity index (χ1v) is 10.8. The van der Waals surface area contributed by atoms with Gasteiger partial charge in [-0.3, -0.25) is 9.78 Å². The molecule has 0 aromatic carbocycles. The Balaban J connectivity index is 1.61. The first-order chi connectivity index (χ1) is 14.5. The van der Waals surface area contributed by atoms with Gasteiger partial charge in [-0.2, -0.15) is 0 Å². The van der Waals surface area contributed by atoms with Crippen molar-refractivity contribution < 1.29 is 9.18 Å². The van der Waals surface area contributed by atoms with Gasteiger partial charge in [0.05, 0.1) is 17.4 Å². The molecule has 7 nitrogen and oxygen atoms in total. The number of hydrogen-bond donors (Lipinski definition) is 4. The zero-order valence-corrected chi connectivity index (χ0v) is 17.0. The number of aromatic nitrogens is 2. The molecule has 0 saturated heterocycles. The van der Waals surface area contributed by atoms with E-state index in [0.717, 1.165) is 50.2 Å². The van der Waals surface area contributed by atoms with E-state index < -0.39 is 11.7 Å². The van der Waals surface area contributed by atoms with Gasteiger partial charge in [-0.05, 0) is 49.3 Å². The Hall–Kier alpha value is -2.74. The molecule has 160 valence electrons. The van der Waals surface area contributed by atoms with E-state index in [1.807, 2.05) is 12.3 Å². The predicted octanol–water partition coefficient (Wildman–Crippen LogP) is 3.80. The van der Waals surface area contributed by atoms with Gasteiger partial charge in [-0.1, -0.05) is 25.7 Å². The van der Waals surface area contributed by atoms with Crippen molar-refractivity contribution in [3.63, 3.8) is 0 Å². The molecule has 6 N–H and O–H groups in total. The summed E-state index contributed by atoms with van der Waals surface area (Å²) in [6.45, 7) is 0. The second-order valence-corrected chi connectivity index (χ2v) is 8.39. The Morgan fingerprint density at radius 1 is 1.03 bits per heavy atom. The van der Waals surface area contributed by atoms with Crippen LogP contribution in [0, 0.1) is 5.82 Å². The van der Waals surface area contributed by atoms with Crippen LogP contribution in [0.1, 0.15) is 73.2 Å². The topological polar surface area (TPSA) is 119 Å². The van der Waals surface area contributed by atoms with Gasteiger partial charge in [0, 0.05) is 18.3 Å². The number of amides is 1. The van der Waals surface area contributed by atoms with Crippen molar-refractivity contribution >= 4 is 23.2 Å². The standard InChI is InChI=1S/C22H29FN6O/c23-17-10-16(20(25)30)21(29-22(17)28-19-8-4-3-7-18(19)24)27-15-9-14(11-26-12-15)13-5-1-2-6-13/h9-13,18-19H,1-8,24H2,(H2,25,30)(H2,27,28,29). The highest BCUT2D eigenvalue weighted by Gasteiger charge is 2.25. The summed E-state index contributed by atoms with van der Waals surface area (Å²) in [4.78, 5) is 20.6. The Morgan fingerprint density at radius 3 is 2.50 bits per heavy atom. The summed E-state index contributed by atoms with van der Waals surface area (Å²) < 4.78 is 14.7. The van der Waals surface area contributed by atoms with Crippen LogP contribution in [0.4, 0.5) is 21.7 Å². The number of nitrogens with one attached hydrogen (secondary N) is 2. The molecule has 0 bridgehead atoms. The first-order valence-electron chi connectivity index (χ1n) is 10.8. The third-order valence-corrected chi connectivity index (χ3v) is 6.23. The molecule has 1 amide bonds. The van der Waals surface area contributed by atoms with Crippen molar-refractivity contribution in [2.45, 2.75) is 69.4 Å². The van der Waals surface area contributed by atoms with Crippen LogP contribution >= 0.6 is 0 Å². The van der Waals surface area contributed by atoms with E-state index in [-0.39, 0.29) is 29.3 Å². The molecule has 2 unspecified atom stereocenters. The zero-order chi connectivity index (χ0) is 21.1. The van der Waals surface area contributed by atoms with E-state index >= 15 is 0 Å². The highest BCUT2D eigenvalue weighted by molar-refractivity contribution is 5.98. The summed E-state index contributed by atoms with van der Waals surface area (Å²) in [7, 11) is 0. The lowest BCUT2D eigenvalue weighted by atomic mass is 9.91. The van der Waals surface area contributed by atoms with Crippen molar-refractivity contribution in [2.24, 2.45) is 11.5 Å². The molecular weight excluding hydrogens is 383 g/mol. The third kappa shape index (κ3) is 4.53. The Bertz CT molecular complexity index is 914. The van der Waals surface area contributed by atoms with Crippen LogP contribution in [-0.4, -0.2) is 28.0 Å². The summed E-state index contributed by atoms with van der Waals surface area (Å²) in [6.07, 6.45) is 12.2. The van der Waals surface area contributed by atoms with Gasteiger partial charge >= 0.3 is 0 Å². The van der Waals surface area contributed by atoms with Gasteiger partial charge in [-0.15, -0.1) is 0 Å². The fourth-order valence-corrected chi connectivity index (χ4v) is 4.53. The molecule has 2 aliphatic rings. The lowest BCUT2D eigenvalue weighted by Gasteiger charge is -2.30. The molecule has 2 aromatic rings. The van der Waals surface area contributed by atoms with Gasteiger partial charge in [-0.25, -0.2) is 9.37 Å². The first kappa shape index (κ1) is 20.5. The molecule has 2 heterocycles. The number of rotatable bonds is 6. The monoisotopic (exact) mass is 412 g/mol. The molecule has 2 aromatic heterocycles. The van der Waals surface area contributed by atoms with Crippen LogP contribution in [0.25, 0.3) is 0 Å². The summed E-state index contributed by atoms with van der Waals surface area (Å²) in [5.74, 6) is -0.582. The molecule has 0 radical (unpaired) electrons. The number of pyridine rings is 2. The van der Waals surface area contributed by atoms with E-state index in [9.17, 15) is 9.18 Å². The SMILES string of the molecule is NC(=O)c1cc(F)c(NC2CCCCC2N)nc1Nc1cncc(C2CCCC2)c1. The molecule has 8 heteroatoms. The highest BCUT2D eigenvalue weighted by atomic mass is 19.1. The number of primary amides is 1. The molecule has 4 rings (SSSR count). The normalized spacial score (nSPS) is 22.1. The van der Waals surface area contributed by atoms with Crippen molar-refractivity contribution in [2.75, 3.05) is 10.6 Å². The van der Waals surface area contributed by atoms with Gasteiger partial charge in [0.2, 0.25) is 0 Å². The van der Waals surface area contributed by atoms with Gasteiger partial charge in [0.25, 0.3) is 5.91 Å². The second-order valence-electron chi connectivity index (χ2n) is 8.39. The quantitative estimate of drug-likeness (QED) is 0.573. The average molecular weight is 413 g/mol. The third-order valence-electron chi connectivity index (χ3n) is 6.23. The number of carbonyl (C=O) groups excluding carboxylic acids is 1. The molecule has 2 saturated carbocycles. The maximum absolute atomic E-state index is 14.7. The van der Waals surface area contributed by atoms with E-state index in [1.54, 1.807) is 6.20 Å². The van der Waals surface area contributed by atoms with Crippen LogP contribution < -0.4 is 22.1 Å². The molecular formula is C22H29FN6O. The molecule has 30 heavy (non-hydrogen) atoms. The van der Waals surface area contributed by atoms with Crippen LogP contribution in [0.15, 0.2) is 24.5 Å². The number of hydrogen-bond acceptors (Lipinski definition) is 6. The minimum atomic E-state index is -0.746. The van der Waals surface area contributed by atoms with Crippen molar-refractivity contribution in [3.05, 3.63) is 41.5 Å². The number of nitrogens with zero attached hydrogens (tertiary/aromatic N) is 2.